The van der Waals surface area contributed by atoms with E-state index >= 15 is 0 Å². The maximum absolute atomic E-state index is 12.2. The van der Waals surface area contributed by atoms with Gasteiger partial charge in [-0.25, -0.2) is 4.79 Å². The molecule has 0 atom stereocenters. The van der Waals surface area contributed by atoms with Crippen LogP contribution in [0.15, 0.2) is 73.3 Å². The van der Waals surface area contributed by atoms with Crippen LogP contribution in [0.5, 0.6) is 11.5 Å². The molecule has 2 heterocycles. The number of carbonyl (C=O) groups is 1. The van der Waals surface area contributed by atoms with Crippen LogP contribution < -0.4 is 15.4 Å². The van der Waals surface area contributed by atoms with Gasteiger partial charge in [0.25, 0.3) is 0 Å². The van der Waals surface area contributed by atoms with Crippen LogP contribution in [0.25, 0.3) is 0 Å². The SMILES string of the molecule is Cn1cc(Oc2ccc(NC(=O)Nc3cnn(Cc4ccc(Cl)cc4)c3)cc2)cn1. The number of carbonyl (C=O) groups excluding carboxylic acids is 1. The number of aryl methyl sites for hydroxylation is 1. The third-order valence-electron chi connectivity index (χ3n) is 4.18. The van der Waals surface area contributed by atoms with Gasteiger partial charge in [0.15, 0.2) is 5.75 Å². The van der Waals surface area contributed by atoms with Crippen molar-refractivity contribution in [2.45, 2.75) is 6.54 Å². The lowest BCUT2D eigenvalue weighted by atomic mass is 10.2. The topological polar surface area (TPSA) is 86.0 Å². The minimum absolute atomic E-state index is 0.359. The Balaban J connectivity index is 1.30. The highest BCUT2D eigenvalue weighted by molar-refractivity contribution is 6.30. The molecule has 2 aromatic carbocycles. The Labute approximate surface area is 178 Å². The predicted octanol–water partition coefficient (Wildman–Crippen LogP) is 4.75. The summed E-state index contributed by atoms with van der Waals surface area (Å²) in [6.45, 7) is 0.582. The molecule has 2 amide bonds. The summed E-state index contributed by atoms with van der Waals surface area (Å²) in [5, 5.41) is 14.6. The van der Waals surface area contributed by atoms with E-state index in [0.717, 1.165) is 5.56 Å². The van der Waals surface area contributed by atoms with Crippen LogP contribution in [0.4, 0.5) is 16.2 Å². The molecule has 0 unspecified atom stereocenters. The lowest BCUT2D eigenvalue weighted by Crippen LogP contribution is -2.19. The zero-order valence-electron chi connectivity index (χ0n) is 16.1. The lowest BCUT2D eigenvalue weighted by Gasteiger charge is -2.07. The van der Waals surface area contributed by atoms with E-state index in [1.54, 1.807) is 58.4 Å². The second kappa shape index (κ2) is 8.71. The standard InChI is InChI=1S/C21H19ClN6O2/c1-27-14-20(11-23-27)30-19-8-6-17(7-9-19)25-21(29)26-18-10-24-28(13-18)12-15-2-4-16(22)5-3-15/h2-11,13-14H,12H2,1H3,(H2,25,26,29). The summed E-state index contributed by atoms with van der Waals surface area (Å²) in [4.78, 5) is 12.2. The van der Waals surface area contributed by atoms with E-state index in [4.69, 9.17) is 16.3 Å². The van der Waals surface area contributed by atoms with E-state index in [-0.39, 0.29) is 6.03 Å². The molecule has 152 valence electrons. The fourth-order valence-corrected chi connectivity index (χ4v) is 2.90. The number of urea groups is 1. The molecule has 0 saturated carbocycles. The minimum Gasteiger partial charge on any atom is -0.454 e. The second-order valence-electron chi connectivity index (χ2n) is 6.61. The first-order valence-corrected chi connectivity index (χ1v) is 9.53. The highest BCUT2D eigenvalue weighted by Gasteiger charge is 2.06. The summed E-state index contributed by atoms with van der Waals surface area (Å²) in [5.41, 5.74) is 2.30. The van der Waals surface area contributed by atoms with Gasteiger partial charge in [-0.1, -0.05) is 23.7 Å². The number of nitrogens with zero attached hydrogens (tertiary/aromatic N) is 4. The van der Waals surface area contributed by atoms with Crippen LogP contribution in [0.2, 0.25) is 5.02 Å². The molecule has 0 saturated heterocycles. The van der Waals surface area contributed by atoms with Gasteiger partial charge < -0.3 is 15.4 Å². The number of rotatable bonds is 6. The molecule has 30 heavy (non-hydrogen) atoms. The number of hydrogen-bond acceptors (Lipinski definition) is 4. The van der Waals surface area contributed by atoms with Gasteiger partial charge in [-0.3, -0.25) is 9.36 Å². The van der Waals surface area contributed by atoms with Crippen LogP contribution in [-0.2, 0) is 13.6 Å². The molecular formula is C21H19ClN6O2. The third kappa shape index (κ3) is 5.18. The van der Waals surface area contributed by atoms with E-state index in [2.05, 4.69) is 20.8 Å². The Hall–Kier alpha value is -3.78. The molecule has 9 heteroatoms. The zero-order chi connectivity index (χ0) is 20.9. The molecule has 4 rings (SSSR count). The van der Waals surface area contributed by atoms with Crippen molar-refractivity contribution in [1.82, 2.24) is 19.6 Å². The average Bonchev–Trinajstić information content (AvgIpc) is 3.33. The molecule has 0 aliphatic rings. The molecule has 0 fully saturated rings. The molecule has 8 nitrogen and oxygen atoms in total. The molecule has 2 N–H and O–H groups in total. The lowest BCUT2D eigenvalue weighted by molar-refractivity contribution is 0.262. The Morgan fingerprint density at radius 1 is 0.933 bits per heavy atom. The van der Waals surface area contributed by atoms with Gasteiger partial charge >= 0.3 is 6.03 Å². The van der Waals surface area contributed by atoms with E-state index in [1.807, 2.05) is 31.3 Å². The average molecular weight is 423 g/mol. The largest absolute Gasteiger partial charge is 0.454 e. The van der Waals surface area contributed by atoms with Crippen LogP contribution in [0, 0.1) is 0 Å². The predicted molar refractivity (Wildman–Crippen MR) is 115 cm³/mol. The first-order chi connectivity index (χ1) is 14.5. The van der Waals surface area contributed by atoms with Gasteiger partial charge in [-0.15, -0.1) is 0 Å². The molecule has 0 spiro atoms. The number of halogens is 1. The molecule has 0 aliphatic heterocycles. The number of anilines is 2. The van der Waals surface area contributed by atoms with Crippen LogP contribution in [0.1, 0.15) is 5.56 Å². The second-order valence-corrected chi connectivity index (χ2v) is 7.04. The van der Waals surface area contributed by atoms with Crippen molar-refractivity contribution < 1.29 is 9.53 Å². The maximum Gasteiger partial charge on any atom is 0.323 e. The molecule has 2 aromatic heterocycles. The summed E-state index contributed by atoms with van der Waals surface area (Å²) in [7, 11) is 1.82. The quantitative estimate of drug-likeness (QED) is 0.469. The van der Waals surface area contributed by atoms with Crippen molar-refractivity contribution in [3.8, 4) is 11.5 Å². The number of amides is 2. The van der Waals surface area contributed by atoms with Crippen LogP contribution in [0.3, 0.4) is 0 Å². The molecule has 0 radical (unpaired) electrons. The summed E-state index contributed by atoms with van der Waals surface area (Å²) in [5.74, 6) is 1.30. The summed E-state index contributed by atoms with van der Waals surface area (Å²) < 4.78 is 9.08. The number of hydrogen-bond donors (Lipinski definition) is 2. The van der Waals surface area contributed by atoms with Crippen molar-refractivity contribution in [3.63, 3.8) is 0 Å². The van der Waals surface area contributed by atoms with Gasteiger partial charge in [0.2, 0.25) is 0 Å². The van der Waals surface area contributed by atoms with Gasteiger partial charge in [0.1, 0.15) is 5.75 Å². The van der Waals surface area contributed by atoms with Crippen molar-refractivity contribution in [2.75, 3.05) is 10.6 Å². The number of benzene rings is 2. The number of nitrogens with one attached hydrogen (secondary N) is 2. The summed E-state index contributed by atoms with van der Waals surface area (Å²) in [6.07, 6.45) is 6.76. The highest BCUT2D eigenvalue weighted by Crippen LogP contribution is 2.22. The van der Waals surface area contributed by atoms with Gasteiger partial charge in [0, 0.05) is 24.0 Å². The van der Waals surface area contributed by atoms with Crippen LogP contribution in [-0.4, -0.2) is 25.6 Å². The third-order valence-corrected chi connectivity index (χ3v) is 4.43. The van der Waals surface area contributed by atoms with Crippen molar-refractivity contribution in [1.29, 1.82) is 0 Å². The zero-order valence-corrected chi connectivity index (χ0v) is 16.9. The Kier molecular flexibility index (Phi) is 5.67. The Bertz CT molecular complexity index is 1140. The minimum atomic E-state index is -0.359. The summed E-state index contributed by atoms with van der Waals surface area (Å²) in [6, 6.07) is 14.2. The van der Waals surface area contributed by atoms with Crippen molar-refractivity contribution in [2.24, 2.45) is 7.05 Å². The van der Waals surface area contributed by atoms with Gasteiger partial charge in [-0.05, 0) is 42.0 Å². The molecule has 4 aromatic rings. The van der Waals surface area contributed by atoms with E-state index in [9.17, 15) is 4.79 Å². The normalized spacial score (nSPS) is 10.6. The van der Waals surface area contributed by atoms with Crippen LogP contribution >= 0.6 is 11.6 Å². The fraction of sp³-hybridized carbons (Fsp3) is 0.0952. The first kappa shape index (κ1) is 19.5. The maximum atomic E-state index is 12.2. The highest BCUT2D eigenvalue weighted by atomic mass is 35.5. The van der Waals surface area contributed by atoms with E-state index in [0.29, 0.717) is 34.4 Å². The van der Waals surface area contributed by atoms with Crippen molar-refractivity contribution >= 4 is 29.0 Å². The Morgan fingerprint density at radius 3 is 2.37 bits per heavy atom. The monoisotopic (exact) mass is 422 g/mol. The van der Waals surface area contributed by atoms with Gasteiger partial charge in [0.05, 0.1) is 30.8 Å². The summed E-state index contributed by atoms with van der Waals surface area (Å²) >= 11 is 5.90. The molecule has 0 aliphatic carbocycles. The fourth-order valence-electron chi connectivity index (χ4n) is 2.78. The smallest absolute Gasteiger partial charge is 0.323 e. The number of aromatic nitrogens is 4. The van der Waals surface area contributed by atoms with E-state index < -0.39 is 0 Å². The number of ether oxygens (including phenoxy) is 1. The van der Waals surface area contributed by atoms with Crippen molar-refractivity contribution in [3.05, 3.63) is 83.9 Å². The van der Waals surface area contributed by atoms with E-state index in [1.165, 1.54) is 0 Å². The molecule has 0 bridgehead atoms. The first-order valence-electron chi connectivity index (χ1n) is 9.15. The van der Waals surface area contributed by atoms with Gasteiger partial charge in [-0.2, -0.15) is 10.2 Å². The Morgan fingerprint density at radius 2 is 1.67 bits per heavy atom. The molecular weight excluding hydrogens is 404 g/mol.